The molecule has 0 bridgehead atoms. The average molecular weight is 282 g/mol. The van der Waals surface area contributed by atoms with Crippen molar-refractivity contribution in [2.24, 2.45) is 11.3 Å². The summed E-state index contributed by atoms with van der Waals surface area (Å²) >= 11 is 0. The maximum atomic E-state index is 12.6. The summed E-state index contributed by atoms with van der Waals surface area (Å²) in [6.07, 6.45) is 4.97. The predicted octanol–water partition coefficient (Wildman–Crippen LogP) is 1.48. The van der Waals surface area contributed by atoms with Gasteiger partial charge < -0.3 is 15.3 Å². The molecule has 1 amide bonds. The van der Waals surface area contributed by atoms with Gasteiger partial charge in [0.2, 0.25) is 5.91 Å². The normalized spacial score (nSPS) is 31.1. The summed E-state index contributed by atoms with van der Waals surface area (Å²) in [5.41, 5.74) is -0.718. The van der Waals surface area contributed by atoms with Crippen molar-refractivity contribution in [3.05, 3.63) is 0 Å². The first-order valence-electron chi connectivity index (χ1n) is 7.82. The first-order valence-corrected chi connectivity index (χ1v) is 7.82. The molecule has 2 saturated heterocycles. The van der Waals surface area contributed by atoms with Gasteiger partial charge in [-0.05, 0) is 38.6 Å². The lowest BCUT2D eigenvalue weighted by atomic mass is 9.76. The molecule has 20 heavy (non-hydrogen) atoms. The van der Waals surface area contributed by atoms with Gasteiger partial charge in [0.05, 0.1) is 11.3 Å². The molecule has 0 saturated carbocycles. The summed E-state index contributed by atoms with van der Waals surface area (Å²) in [6.45, 7) is 4.85. The van der Waals surface area contributed by atoms with E-state index < -0.39 is 11.4 Å². The van der Waals surface area contributed by atoms with E-state index in [0.717, 1.165) is 38.8 Å². The number of nitrogens with zero attached hydrogens (tertiary/aromatic N) is 1. The number of rotatable bonds is 4. The summed E-state index contributed by atoms with van der Waals surface area (Å²) in [5.74, 6) is -0.549. The molecule has 2 aliphatic heterocycles. The second kappa shape index (κ2) is 6.57. The fourth-order valence-corrected chi connectivity index (χ4v) is 3.60. The molecule has 5 heteroatoms. The van der Waals surface area contributed by atoms with Crippen LogP contribution in [-0.4, -0.2) is 48.1 Å². The minimum atomic E-state index is -0.737. The van der Waals surface area contributed by atoms with Crippen LogP contribution in [-0.2, 0) is 9.59 Å². The van der Waals surface area contributed by atoms with Crippen LogP contribution in [0.4, 0.5) is 0 Å². The van der Waals surface area contributed by atoms with Crippen LogP contribution in [0.15, 0.2) is 0 Å². The number of carboxylic acids is 1. The zero-order chi connectivity index (χ0) is 14.6. The maximum Gasteiger partial charge on any atom is 0.311 e. The Morgan fingerprint density at radius 1 is 1.40 bits per heavy atom. The number of carboxylic acid groups (broad SMARTS) is 1. The quantitative estimate of drug-likeness (QED) is 0.819. The molecule has 2 N–H and O–H groups in total. The molecule has 0 aliphatic carbocycles. The lowest BCUT2D eigenvalue weighted by molar-refractivity contribution is -0.156. The van der Waals surface area contributed by atoms with Gasteiger partial charge in [-0.3, -0.25) is 9.59 Å². The van der Waals surface area contributed by atoms with Gasteiger partial charge in [0.15, 0.2) is 0 Å². The molecule has 1 unspecified atom stereocenters. The number of carbonyl (C=O) groups excluding carboxylic acids is 1. The number of piperidine rings is 2. The number of hydrogen-bond donors (Lipinski definition) is 2. The first kappa shape index (κ1) is 15.3. The molecule has 0 spiro atoms. The molecule has 2 fully saturated rings. The fraction of sp³-hybridized carbons (Fsp3) is 0.867. The summed E-state index contributed by atoms with van der Waals surface area (Å²) < 4.78 is 0. The molecule has 5 nitrogen and oxygen atoms in total. The van der Waals surface area contributed by atoms with Crippen molar-refractivity contribution in [1.82, 2.24) is 10.2 Å². The molecule has 0 aromatic heterocycles. The average Bonchev–Trinajstić information content (AvgIpc) is 2.48. The van der Waals surface area contributed by atoms with Gasteiger partial charge in [0.25, 0.3) is 0 Å². The van der Waals surface area contributed by atoms with Crippen molar-refractivity contribution in [3.8, 4) is 0 Å². The van der Waals surface area contributed by atoms with Gasteiger partial charge in [-0.2, -0.15) is 0 Å². The third kappa shape index (κ3) is 3.14. The van der Waals surface area contributed by atoms with Gasteiger partial charge in [0.1, 0.15) is 0 Å². The highest BCUT2D eigenvalue weighted by Crippen LogP contribution is 2.35. The van der Waals surface area contributed by atoms with Crippen LogP contribution in [0, 0.1) is 11.3 Å². The lowest BCUT2D eigenvalue weighted by Gasteiger charge is -2.41. The zero-order valence-corrected chi connectivity index (χ0v) is 12.4. The van der Waals surface area contributed by atoms with E-state index in [1.807, 2.05) is 11.8 Å². The third-order valence-corrected chi connectivity index (χ3v) is 4.72. The van der Waals surface area contributed by atoms with Crippen LogP contribution in [0.3, 0.4) is 0 Å². The highest BCUT2D eigenvalue weighted by Gasteiger charge is 2.43. The standard InChI is InChI=1S/C15H26N2O3/c1-2-6-15(14(19)20)7-4-9-17(11-15)13(18)12-5-3-8-16-10-12/h12,16H,2-11H2,1H3,(H,19,20)/t12-,15?/m0/s1. The SMILES string of the molecule is CCCC1(C(=O)O)CCCN(C(=O)[C@H]2CCCNC2)C1. The first-order chi connectivity index (χ1) is 9.59. The smallest absolute Gasteiger partial charge is 0.311 e. The maximum absolute atomic E-state index is 12.6. The van der Waals surface area contributed by atoms with Crippen molar-refractivity contribution >= 4 is 11.9 Å². The second-order valence-corrected chi connectivity index (χ2v) is 6.24. The Bertz CT molecular complexity index is 362. The Balaban J connectivity index is 2.04. The topological polar surface area (TPSA) is 69.6 Å². The van der Waals surface area contributed by atoms with Crippen molar-refractivity contribution in [3.63, 3.8) is 0 Å². The van der Waals surface area contributed by atoms with E-state index in [2.05, 4.69) is 5.32 Å². The Kier molecular flexibility index (Phi) is 5.02. The summed E-state index contributed by atoms with van der Waals surface area (Å²) in [4.78, 5) is 26.0. The Morgan fingerprint density at radius 3 is 2.80 bits per heavy atom. The highest BCUT2D eigenvalue weighted by molar-refractivity contribution is 5.81. The van der Waals surface area contributed by atoms with E-state index in [-0.39, 0.29) is 11.8 Å². The third-order valence-electron chi connectivity index (χ3n) is 4.72. The largest absolute Gasteiger partial charge is 0.481 e. The Hall–Kier alpha value is -1.10. The van der Waals surface area contributed by atoms with Crippen molar-refractivity contribution in [1.29, 1.82) is 0 Å². The van der Waals surface area contributed by atoms with Gasteiger partial charge in [-0.25, -0.2) is 0 Å². The van der Waals surface area contributed by atoms with Gasteiger partial charge in [-0.15, -0.1) is 0 Å². The molecular formula is C15H26N2O3. The predicted molar refractivity (Wildman–Crippen MR) is 76.4 cm³/mol. The van der Waals surface area contributed by atoms with Crippen LogP contribution in [0.2, 0.25) is 0 Å². The van der Waals surface area contributed by atoms with E-state index in [9.17, 15) is 14.7 Å². The Morgan fingerprint density at radius 2 is 2.20 bits per heavy atom. The highest BCUT2D eigenvalue weighted by atomic mass is 16.4. The van der Waals surface area contributed by atoms with Gasteiger partial charge >= 0.3 is 5.97 Å². The minimum Gasteiger partial charge on any atom is -0.481 e. The zero-order valence-electron chi connectivity index (χ0n) is 12.4. The molecule has 0 radical (unpaired) electrons. The van der Waals surface area contributed by atoms with Crippen LogP contribution in [0.5, 0.6) is 0 Å². The molecule has 114 valence electrons. The fourth-order valence-electron chi connectivity index (χ4n) is 3.60. The van der Waals surface area contributed by atoms with E-state index >= 15 is 0 Å². The number of likely N-dealkylation sites (tertiary alicyclic amines) is 1. The van der Waals surface area contributed by atoms with E-state index in [1.165, 1.54) is 0 Å². The Labute approximate surface area is 120 Å². The molecule has 0 aromatic rings. The number of amides is 1. The van der Waals surface area contributed by atoms with Crippen LogP contribution in [0.25, 0.3) is 0 Å². The molecule has 2 heterocycles. The second-order valence-electron chi connectivity index (χ2n) is 6.24. The number of nitrogens with one attached hydrogen (secondary N) is 1. The van der Waals surface area contributed by atoms with Crippen molar-refractivity contribution < 1.29 is 14.7 Å². The van der Waals surface area contributed by atoms with Crippen LogP contribution >= 0.6 is 0 Å². The lowest BCUT2D eigenvalue weighted by Crippen LogP contribution is -2.52. The van der Waals surface area contributed by atoms with E-state index in [1.54, 1.807) is 0 Å². The number of hydrogen-bond acceptors (Lipinski definition) is 3. The van der Waals surface area contributed by atoms with Gasteiger partial charge in [-0.1, -0.05) is 13.3 Å². The van der Waals surface area contributed by atoms with E-state index in [0.29, 0.717) is 25.9 Å². The summed E-state index contributed by atoms with van der Waals surface area (Å²) in [5, 5.41) is 12.8. The van der Waals surface area contributed by atoms with Crippen LogP contribution in [0.1, 0.15) is 45.4 Å². The monoisotopic (exact) mass is 282 g/mol. The summed E-state index contributed by atoms with van der Waals surface area (Å²) in [6, 6.07) is 0. The molecule has 2 atom stereocenters. The van der Waals surface area contributed by atoms with Gasteiger partial charge in [0, 0.05) is 19.6 Å². The number of carbonyl (C=O) groups is 2. The number of aliphatic carboxylic acids is 1. The summed E-state index contributed by atoms with van der Waals surface area (Å²) in [7, 11) is 0. The molecule has 2 rings (SSSR count). The molecular weight excluding hydrogens is 256 g/mol. The molecule has 0 aromatic carbocycles. The molecule has 2 aliphatic rings. The van der Waals surface area contributed by atoms with Crippen LogP contribution < -0.4 is 5.32 Å². The van der Waals surface area contributed by atoms with Crippen molar-refractivity contribution in [2.75, 3.05) is 26.2 Å². The van der Waals surface area contributed by atoms with Crippen molar-refractivity contribution in [2.45, 2.75) is 45.4 Å². The van der Waals surface area contributed by atoms with E-state index in [4.69, 9.17) is 0 Å². The minimum absolute atomic E-state index is 0.0370.